The molecule has 3 heteroatoms. The van der Waals surface area contributed by atoms with E-state index >= 15 is 0 Å². The summed E-state index contributed by atoms with van der Waals surface area (Å²) in [6, 6.07) is 8.86. The van der Waals surface area contributed by atoms with Gasteiger partial charge >= 0.3 is 0 Å². The first kappa shape index (κ1) is 13.1. The van der Waals surface area contributed by atoms with Crippen LogP contribution in [-0.4, -0.2) is 9.38 Å². The van der Waals surface area contributed by atoms with Crippen LogP contribution in [0, 0.1) is 0 Å². The van der Waals surface area contributed by atoms with E-state index in [1.165, 1.54) is 42.5 Å². The Morgan fingerprint density at radius 2 is 1.86 bits per heavy atom. The first-order valence-electron chi connectivity index (χ1n) is 7.82. The van der Waals surface area contributed by atoms with Crippen molar-refractivity contribution in [2.45, 2.75) is 45.4 Å². The van der Waals surface area contributed by atoms with E-state index in [1.807, 2.05) is 11.3 Å². The van der Waals surface area contributed by atoms with Gasteiger partial charge in [-0.3, -0.25) is 4.40 Å². The van der Waals surface area contributed by atoms with E-state index in [2.05, 4.69) is 48.7 Å². The quantitative estimate of drug-likeness (QED) is 0.645. The molecule has 0 amide bonds. The molecule has 0 aliphatic heterocycles. The summed E-state index contributed by atoms with van der Waals surface area (Å²) in [7, 11) is 0. The van der Waals surface area contributed by atoms with Crippen molar-refractivity contribution in [3.8, 4) is 11.3 Å². The SMILES string of the molecule is CC(C)c1ccc(-c2cn3c4c(sc3n2)CCCC4)cc1. The van der Waals surface area contributed by atoms with Gasteiger partial charge in [0.15, 0.2) is 4.96 Å². The molecule has 1 aliphatic rings. The van der Waals surface area contributed by atoms with E-state index in [1.54, 1.807) is 4.88 Å². The highest BCUT2D eigenvalue weighted by atomic mass is 32.1. The van der Waals surface area contributed by atoms with Gasteiger partial charge in [0.25, 0.3) is 0 Å². The average Bonchev–Trinajstić information content (AvgIpc) is 3.05. The van der Waals surface area contributed by atoms with Crippen molar-refractivity contribution < 1.29 is 0 Å². The van der Waals surface area contributed by atoms with Gasteiger partial charge in [-0.1, -0.05) is 38.1 Å². The van der Waals surface area contributed by atoms with Crippen LogP contribution >= 0.6 is 11.3 Å². The van der Waals surface area contributed by atoms with E-state index in [0.29, 0.717) is 5.92 Å². The summed E-state index contributed by atoms with van der Waals surface area (Å²) in [5.74, 6) is 0.580. The standard InChI is InChI=1S/C18H20N2S/c1-12(2)13-7-9-14(10-8-13)15-11-20-16-5-3-4-6-17(16)21-18(20)19-15/h7-12H,3-6H2,1-2H3. The van der Waals surface area contributed by atoms with Crippen molar-refractivity contribution in [2.75, 3.05) is 0 Å². The highest BCUT2D eigenvalue weighted by molar-refractivity contribution is 7.17. The number of benzene rings is 1. The molecule has 2 heterocycles. The molecule has 1 aromatic carbocycles. The second kappa shape index (κ2) is 4.99. The molecule has 0 saturated heterocycles. The zero-order chi connectivity index (χ0) is 14.4. The Morgan fingerprint density at radius 3 is 2.62 bits per heavy atom. The fourth-order valence-corrected chi connectivity index (χ4v) is 4.33. The minimum Gasteiger partial charge on any atom is -0.294 e. The smallest absolute Gasteiger partial charge is 0.194 e. The zero-order valence-corrected chi connectivity index (χ0v) is 13.4. The summed E-state index contributed by atoms with van der Waals surface area (Å²) >= 11 is 1.88. The van der Waals surface area contributed by atoms with Crippen LogP contribution in [0.4, 0.5) is 0 Å². The van der Waals surface area contributed by atoms with Gasteiger partial charge in [0.1, 0.15) is 0 Å². The normalized spacial score (nSPS) is 14.8. The zero-order valence-electron chi connectivity index (χ0n) is 12.6. The summed E-state index contributed by atoms with van der Waals surface area (Å²) < 4.78 is 2.32. The van der Waals surface area contributed by atoms with Crippen molar-refractivity contribution >= 4 is 16.3 Å². The Balaban J connectivity index is 1.75. The van der Waals surface area contributed by atoms with Gasteiger partial charge in [0.2, 0.25) is 0 Å². The number of fused-ring (bicyclic) bond motifs is 3. The lowest BCUT2D eigenvalue weighted by atomic mass is 10.0. The van der Waals surface area contributed by atoms with Crippen molar-refractivity contribution in [1.29, 1.82) is 0 Å². The van der Waals surface area contributed by atoms with Crippen LogP contribution < -0.4 is 0 Å². The number of rotatable bonds is 2. The summed E-state index contributed by atoms with van der Waals surface area (Å²) in [6.07, 6.45) is 7.31. The molecule has 4 rings (SSSR count). The topological polar surface area (TPSA) is 17.3 Å². The Morgan fingerprint density at radius 1 is 1.10 bits per heavy atom. The molecule has 2 nitrogen and oxygen atoms in total. The number of nitrogens with zero attached hydrogens (tertiary/aromatic N) is 2. The number of imidazole rings is 1. The van der Waals surface area contributed by atoms with E-state index in [9.17, 15) is 0 Å². The lowest BCUT2D eigenvalue weighted by molar-refractivity contribution is 0.674. The number of hydrogen-bond donors (Lipinski definition) is 0. The molecule has 0 atom stereocenters. The van der Waals surface area contributed by atoms with Crippen molar-refractivity contribution in [1.82, 2.24) is 9.38 Å². The molecule has 0 N–H and O–H groups in total. The molecule has 21 heavy (non-hydrogen) atoms. The molecule has 0 saturated carbocycles. The lowest BCUT2D eigenvalue weighted by Crippen LogP contribution is -2.01. The largest absolute Gasteiger partial charge is 0.294 e. The van der Waals surface area contributed by atoms with Crippen LogP contribution in [0.1, 0.15) is 48.7 Å². The van der Waals surface area contributed by atoms with Crippen LogP contribution in [0.2, 0.25) is 0 Å². The first-order chi connectivity index (χ1) is 10.2. The van der Waals surface area contributed by atoms with E-state index in [0.717, 1.165) is 10.7 Å². The minimum atomic E-state index is 0.580. The Bertz CT molecular complexity index is 778. The maximum absolute atomic E-state index is 4.84. The van der Waals surface area contributed by atoms with Gasteiger partial charge in [-0.05, 0) is 37.2 Å². The van der Waals surface area contributed by atoms with Gasteiger partial charge in [-0.25, -0.2) is 4.98 Å². The second-order valence-corrected chi connectivity index (χ2v) is 7.30. The molecule has 0 bridgehead atoms. The molecule has 0 fully saturated rings. The van der Waals surface area contributed by atoms with Crippen molar-refractivity contribution in [3.63, 3.8) is 0 Å². The highest BCUT2D eigenvalue weighted by Crippen LogP contribution is 2.32. The van der Waals surface area contributed by atoms with Crippen molar-refractivity contribution in [3.05, 3.63) is 46.6 Å². The van der Waals surface area contributed by atoms with E-state index < -0.39 is 0 Å². The molecular weight excluding hydrogens is 276 g/mol. The molecule has 1 aliphatic carbocycles. The van der Waals surface area contributed by atoms with Gasteiger partial charge in [0.05, 0.1) is 5.69 Å². The fourth-order valence-electron chi connectivity index (χ4n) is 3.14. The summed E-state index contributed by atoms with van der Waals surface area (Å²) in [5.41, 5.74) is 5.21. The predicted octanol–water partition coefficient (Wildman–Crippen LogP) is 5.07. The molecule has 0 radical (unpaired) electrons. The highest BCUT2D eigenvalue weighted by Gasteiger charge is 2.18. The first-order valence-corrected chi connectivity index (χ1v) is 8.64. The molecule has 0 spiro atoms. The third-order valence-corrected chi connectivity index (χ3v) is 5.60. The van der Waals surface area contributed by atoms with Crippen LogP contribution in [0.3, 0.4) is 0 Å². The predicted molar refractivity (Wildman–Crippen MR) is 89.2 cm³/mol. The maximum atomic E-state index is 4.84. The van der Waals surface area contributed by atoms with E-state index in [4.69, 9.17) is 4.98 Å². The van der Waals surface area contributed by atoms with Gasteiger partial charge in [-0.2, -0.15) is 0 Å². The van der Waals surface area contributed by atoms with E-state index in [-0.39, 0.29) is 0 Å². The average molecular weight is 296 g/mol. The van der Waals surface area contributed by atoms with Crippen molar-refractivity contribution in [2.24, 2.45) is 0 Å². The number of thiazole rings is 1. The minimum absolute atomic E-state index is 0.580. The van der Waals surface area contributed by atoms with Crippen LogP contribution in [0.15, 0.2) is 30.5 Å². The Kier molecular flexibility index (Phi) is 3.11. The number of aryl methyl sites for hydroxylation is 2. The Hall–Kier alpha value is -1.61. The fraction of sp³-hybridized carbons (Fsp3) is 0.389. The molecular formula is C18H20N2S. The van der Waals surface area contributed by atoms with Gasteiger partial charge in [-0.15, -0.1) is 11.3 Å². The lowest BCUT2D eigenvalue weighted by Gasteiger charge is -2.09. The van der Waals surface area contributed by atoms with Gasteiger partial charge < -0.3 is 0 Å². The molecule has 0 unspecified atom stereocenters. The summed E-state index contributed by atoms with van der Waals surface area (Å²) in [6.45, 7) is 4.46. The molecule has 108 valence electrons. The molecule has 2 aromatic heterocycles. The Labute approximate surface area is 129 Å². The van der Waals surface area contributed by atoms with Gasteiger partial charge in [0, 0.05) is 22.3 Å². The molecule has 3 aromatic rings. The monoisotopic (exact) mass is 296 g/mol. The third kappa shape index (κ3) is 2.20. The van der Waals surface area contributed by atoms with Crippen LogP contribution in [0.25, 0.3) is 16.2 Å². The summed E-state index contributed by atoms with van der Waals surface area (Å²) in [4.78, 5) is 7.55. The van der Waals surface area contributed by atoms with Crippen LogP contribution in [-0.2, 0) is 12.8 Å². The van der Waals surface area contributed by atoms with Crippen LogP contribution in [0.5, 0.6) is 0 Å². The third-order valence-electron chi connectivity index (χ3n) is 4.44. The maximum Gasteiger partial charge on any atom is 0.194 e. The summed E-state index contributed by atoms with van der Waals surface area (Å²) in [5, 5.41) is 0. The second-order valence-electron chi connectivity index (χ2n) is 6.23. The number of aromatic nitrogens is 2. The number of hydrogen-bond acceptors (Lipinski definition) is 2.